The molecule has 0 unspecified atom stereocenters. The highest BCUT2D eigenvalue weighted by molar-refractivity contribution is 6.30. The number of carbonyl (C=O) groups is 1. The minimum absolute atomic E-state index is 0.00237. The third kappa shape index (κ3) is 2.66. The van der Waals surface area contributed by atoms with Crippen molar-refractivity contribution in [2.75, 3.05) is 5.88 Å². The lowest BCUT2D eigenvalue weighted by molar-refractivity contribution is -0.255. The third-order valence-electron chi connectivity index (χ3n) is 2.39. The van der Waals surface area contributed by atoms with E-state index in [9.17, 15) is 9.90 Å². The SMILES string of the molecule is O=C([O-])c1cc(CCCl)nn1-c1ccc(Cl)cc1. The minimum Gasteiger partial charge on any atom is -0.543 e. The van der Waals surface area contributed by atoms with Crippen LogP contribution in [0.25, 0.3) is 5.69 Å². The van der Waals surface area contributed by atoms with Gasteiger partial charge in [0.2, 0.25) is 0 Å². The molecule has 0 N–H and O–H groups in total. The van der Waals surface area contributed by atoms with Gasteiger partial charge in [-0.3, -0.25) is 0 Å². The van der Waals surface area contributed by atoms with Crippen LogP contribution >= 0.6 is 23.2 Å². The van der Waals surface area contributed by atoms with E-state index in [0.717, 1.165) is 0 Å². The Morgan fingerprint density at radius 1 is 1.33 bits per heavy atom. The summed E-state index contributed by atoms with van der Waals surface area (Å²) in [6, 6.07) is 8.17. The second kappa shape index (κ2) is 5.42. The first-order valence-corrected chi connectivity index (χ1v) is 6.15. The fourth-order valence-electron chi connectivity index (χ4n) is 1.57. The lowest BCUT2D eigenvalue weighted by Gasteiger charge is -2.07. The van der Waals surface area contributed by atoms with Gasteiger partial charge in [0.15, 0.2) is 0 Å². The highest BCUT2D eigenvalue weighted by atomic mass is 35.5. The lowest BCUT2D eigenvalue weighted by Crippen LogP contribution is -2.25. The van der Waals surface area contributed by atoms with Crippen molar-refractivity contribution in [2.45, 2.75) is 6.42 Å². The van der Waals surface area contributed by atoms with E-state index in [0.29, 0.717) is 28.7 Å². The average molecular weight is 284 g/mol. The molecule has 0 fully saturated rings. The molecule has 1 aromatic heterocycles. The van der Waals surface area contributed by atoms with E-state index in [-0.39, 0.29) is 5.69 Å². The average Bonchev–Trinajstić information content (AvgIpc) is 2.75. The summed E-state index contributed by atoms with van der Waals surface area (Å²) < 4.78 is 1.31. The quantitative estimate of drug-likeness (QED) is 0.802. The molecule has 0 amide bonds. The van der Waals surface area contributed by atoms with E-state index < -0.39 is 5.97 Å². The van der Waals surface area contributed by atoms with Crippen LogP contribution in [0.5, 0.6) is 0 Å². The van der Waals surface area contributed by atoms with Gasteiger partial charge in [-0.1, -0.05) is 11.6 Å². The highest BCUT2D eigenvalue weighted by Gasteiger charge is 2.10. The number of aromatic carboxylic acids is 1. The number of nitrogens with zero attached hydrogens (tertiary/aromatic N) is 2. The number of carboxylic acid groups (broad SMARTS) is 1. The van der Waals surface area contributed by atoms with Crippen molar-refractivity contribution in [3.8, 4) is 5.69 Å². The van der Waals surface area contributed by atoms with Gasteiger partial charge < -0.3 is 9.90 Å². The molecule has 6 heteroatoms. The molecule has 18 heavy (non-hydrogen) atoms. The van der Waals surface area contributed by atoms with Gasteiger partial charge in [0, 0.05) is 17.3 Å². The van der Waals surface area contributed by atoms with Gasteiger partial charge in [0.25, 0.3) is 0 Å². The van der Waals surface area contributed by atoms with Gasteiger partial charge in [0.05, 0.1) is 23.0 Å². The molecule has 1 aromatic carbocycles. The molecular formula is C12H9Cl2N2O2-. The van der Waals surface area contributed by atoms with E-state index in [1.165, 1.54) is 10.7 Å². The zero-order valence-corrected chi connectivity index (χ0v) is 10.8. The number of carbonyl (C=O) groups excluding carboxylic acids is 1. The highest BCUT2D eigenvalue weighted by Crippen LogP contribution is 2.16. The molecule has 0 bridgehead atoms. The molecule has 0 radical (unpaired) electrons. The van der Waals surface area contributed by atoms with E-state index in [2.05, 4.69) is 5.10 Å². The lowest BCUT2D eigenvalue weighted by atomic mass is 10.3. The number of alkyl halides is 1. The Kier molecular flexibility index (Phi) is 3.89. The van der Waals surface area contributed by atoms with Crippen LogP contribution in [0.2, 0.25) is 5.02 Å². The second-order valence-electron chi connectivity index (χ2n) is 3.64. The first-order chi connectivity index (χ1) is 8.61. The smallest absolute Gasteiger partial charge is 0.0901 e. The maximum atomic E-state index is 11.0. The summed E-state index contributed by atoms with van der Waals surface area (Å²) in [4.78, 5) is 11.0. The van der Waals surface area contributed by atoms with Gasteiger partial charge >= 0.3 is 0 Å². The van der Waals surface area contributed by atoms with Crippen LogP contribution in [0.4, 0.5) is 0 Å². The molecule has 0 aliphatic carbocycles. The predicted molar refractivity (Wildman–Crippen MR) is 67.3 cm³/mol. The Bertz CT molecular complexity index is 564. The van der Waals surface area contributed by atoms with E-state index in [1.807, 2.05) is 0 Å². The number of benzene rings is 1. The Morgan fingerprint density at radius 3 is 2.56 bits per heavy atom. The number of hydrogen-bond donors (Lipinski definition) is 0. The fraction of sp³-hybridized carbons (Fsp3) is 0.167. The Balaban J connectivity index is 2.47. The molecule has 2 rings (SSSR count). The van der Waals surface area contributed by atoms with Crippen LogP contribution < -0.4 is 5.11 Å². The van der Waals surface area contributed by atoms with Crippen LogP contribution in [0.1, 0.15) is 16.2 Å². The summed E-state index contributed by atoms with van der Waals surface area (Å²) >= 11 is 11.4. The van der Waals surface area contributed by atoms with Crippen molar-refractivity contribution in [3.05, 3.63) is 46.7 Å². The minimum atomic E-state index is -1.28. The zero-order chi connectivity index (χ0) is 13.1. The standard InChI is InChI=1S/C12H10Cl2N2O2/c13-6-5-9-7-11(12(17)18)16(15-9)10-3-1-8(14)2-4-10/h1-4,7H,5-6H2,(H,17,18)/p-1. The fourth-order valence-corrected chi connectivity index (χ4v) is 1.89. The Morgan fingerprint density at radius 2 is 2.00 bits per heavy atom. The van der Waals surface area contributed by atoms with E-state index in [4.69, 9.17) is 23.2 Å². The van der Waals surface area contributed by atoms with Crippen molar-refractivity contribution in [1.29, 1.82) is 0 Å². The van der Waals surface area contributed by atoms with Gasteiger partial charge in [-0.25, -0.2) is 4.68 Å². The molecule has 0 spiro atoms. The summed E-state index contributed by atoms with van der Waals surface area (Å²) in [6.07, 6.45) is 0.502. The number of rotatable bonds is 4. The first kappa shape index (κ1) is 12.9. The van der Waals surface area contributed by atoms with Crippen molar-refractivity contribution in [3.63, 3.8) is 0 Å². The summed E-state index contributed by atoms with van der Waals surface area (Å²) in [5.41, 5.74) is 1.22. The van der Waals surface area contributed by atoms with Crippen LogP contribution in [0.3, 0.4) is 0 Å². The normalized spacial score (nSPS) is 10.6. The molecular weight excluding hydrogens is 275 g/mol. The summed E-state index contributed by atoms with van der Waals surface area (Å²) in [7, 11) is 0. The molecule has 4 nitrogen and oxygen atoms in total. The topological polar surface area (TPSA) is 57.9 Å². The van der Waals surface area contributed by atoms with Crippen molar-refractivity contribution in [1.82, 2.24) is 9.78 Å². The Hall–Kier alpha value is -1.52. The van der Waals surface area contributed by atoms with Crippen molar-refractivity contribution >= 4 is 29.2 Å². The van der Waals surface area contributed by atoms with E-state index >= 15 is 0 Å². The molecule has 0 aliphatic heterocycles. The second-order valence-corrected chi connectivity index (χ2v) is 4.45. The monoisotopic (exact) mass is 283 g/mol. The number of aromatic nitrogens is 2. The summed E-state index contributed by atoms with van der Waals surface area (Å²) in [5.74, 6) is -0.900. The molecule has 2 aromatic rings. The largest absolute Gasteiger partial charge is 0.543 e. The van der Waals surface area contributed by atoms with Crippen molar-refractivity contribution in [2.24, 2.45) is 0 Å². The van der Waals surface area contributed by atoms with Gasteiger partial charge in [-0.05, 0) is 30.3 Å². The molecule has 1 heterocycles. The molecule has 0 atom stereocenters. The number of aryl methyl sites for hydroxylation is 1. The van der Waals surface area contributed by atoms with Gasteiger partial charge in [-0.2, -0.15) is 5.10 Å². The number of carboxylic acids is 1. The molecule has 94 valence electrons. The molecule has 0 saturated heterocycles. The summed E-state index contributed by atoms with van der Waals surface area (Å²) in [5, 5.41) is 15.8. The van der Waals surface area contributed by atoms with Gasteiger partial charge in [-0.15, -0.1) is 11.6 Å². The van der Waals surface area contributed by atoms with E-state index in [1.54, 1.807) is 24.3 Å². The third-order valence-corrected chi connectivity index (χ3v) is 2.83. The zero-order valence-electron chi connectivity index (χ0n) is 9.27. The predicted octanol–water partition coefficient (Wildman–Crippen LogP) is 1.67. The van der Waals surface area contributed by atoms with Crippen LogP contribution in [0, 0.1) is 0 Å². The number of halogens is 2. The summed E-state index contributed by atoms with van der Waals surface area (Å²) in [6.45, 7) is 0. The van der Waals surface area contributed by atoms with Crippen LogP contribution in [-0.4, -0.2) is 21.6 Å². The van der Waals surface area contributed by atoms with Crippen LogP contribution in [0.15, 0.2) is 30.3 Å². The van der Waals surface area contributed by atoms with Gasteiger partial charge in [0.1, 0.15) is 0 Å². The van der Waals surface area contributed by atoms with Crippen molar-refractivity contribution < 1.29 is 9.90 Å². The maximum absolute atomic E-state index is 11.0. The molecule has 0 saturated carbocycles. The number of hydrogen-bond acceptors (Lipinski definition) is 3. The first-order valence-electron chi connectivity index (χ1n) is 5.24. The Labute approximate surface area is 114 Å². The molecule has 0 aliphatic rings. The maximum Gasteiger partial charge on any atom is 0.0901 e. The van der Waals surface area contributed by atoms with Crippen LogP contribution in [-0.2, 0) is 6.42 Å².